The molecule has 1 N–H and O–H groups in total. The van der Waals surface area contributed by atoms with E-state index in [-0.39, 0.29) is 22.4 Å². The maximum Gasteiger partial charge on any atom is 0.336 e. The number of benzene rings is 3. The first-order valence-corrected chi connectivity index (χ1v) is 9.65. The number of nitro groups is 1. The topological polar surface area (TPSA) is 93.3 Å². The molecule has 148 valence electrons. The van der Waals surface area contributed by atoms with Gasteiger partial charge in [-0.3, -0.25) is 10.1 Å². The van der Waals surface area contributed by atoms with Gasteiger partial charge in [-0.05, 0) is 24.3 Å². The van der Waals surface area contributed by atoms with Crippen LogP contribution in [0.2, 0.25) is 0 Å². The summed E-state index contributed by atoms with van der Waals surface area (Å²) in [6.45, 7) is 0. The van der Waals surface area contributed by atoms with Crippen LogP contribution in [0.1, 0.15) is 10.4 Å². The van der Waals surface area contributed by atoms with E-state index in [4.69, 9.17) is 0 Å². The second-order valence-electron chi connectivity index (χ2n) is 6.36. The Kier molecular flexibility index (Phi) is 5.07. The highest BCUT2D eigenvalue weighted by Gasteiger charge is 2.21. The molecular formula is C22H13FN2O4S. The van der Waals surface area contributed by atoms with Crippen LogP contribution in [0.15, 0.2) is 72.1 Å². The fraction of sp³-hybridized carbons (Fsp3) is 0. The number of para-hydroxylation sites is 1. The minimum Gasteiger partial charge on any atom is -0.478 e. The van der Waals surface area contributed by atoms with Gasteiger partial charge in [-0.1, -0.05) is 36.4 Å². The molecule has 0 saturated heterocycles. The predicted molar refractivity (Wildman–Crippen MR) is 112 cm³/mol. The summed E-state index contributed by atoms with van der Waals surface area (Å²) in [6, 6.07) is 16.9. The Morgan fingerprint density at radius 2 is 1.70 bits per heavy atom. The molecule has 0 unspecified atom stereocenters. The van der Waals surface area contributed by atoms with Gasteiger partial charge >= 0.3 is 5.97 Å². The summed E-state index contributed by atoms with van der Waals surface area (Å²) >= 11 is 1.26. The van der Waals surface area contributed by atoms with Gasteiger partial charge in [0.25, 0.3) is 5.69 Å². The fourth-order valence-electron chi connectivity index (χ4n) is 3.15. The van der Waals surface area contributed by atoms with Crippen molar-refractivity contribution in [3.05, 3.63) is 93.6 Å². The Labute approximate surface area is 174 Å². The number of nitro benzene ring substituents is 1. The molecule has 8 heteroatoms. The van der Waals surface area contributed by atoms with Gasteiger partial charge in [-0.15, -0.1) is 11.3 Å². The number of hydrogen-bond acceptors (Lipinski definition) is 5. The third-order valence-corrected chi connectivity index (χ3v) is 5.43. The Morgan fingerprint density at radius 3 is 2.40 bits per heavy atom. The van der Waals surface area contributed by atoms with E-state index in [0.717, 1.165) is 0 Å². The van der Waals surface area contributed by atoms with Crippen LogP contribution in [0.25, 0.3) is 33.0 Å². The lowest BCUT2D eigenvalue weighted by molar-refractivity contribution is -0.384. The zero-order valence-corrected chi connectivity index (χ0v) is 16.1. The first kappa shape index (κ1) is 19.4. The predicted octanol–water partition coefficient (Wildman–Crippen LogP) is 5.89. The fourth-order valence-corrected chi connectivity index (χ4v) is 3.97. The monoisotopic (exact) mass is 420 g/mol. The molecule has 0 atom stereocenters. The van der Waals surface area contributed by atoms with Crippen LogP contribution < -0.4 is 0 Å². The van der Waals surface area contributed by atoms with Crippen molar-refractivity contribution >= 4 is 23.0 Å². The van der Waals surface area contributed by atoms with Crippen molar-refractivity contribution in [3.63, 3.8) is 0 Å². The van der Waals surface area contributed by atoms with Crippen molar-refractivity contribution in [3.8, 4) is 33.0 Å². The molecule has 30 heavy (non-hydrogen) atoms. The van der Waals surface area contributed by atoms with Crippen molar-refractivity contribution in [2.45, 2.75) is 0 Å². The van der Waals surface area contributed by atoms with Gasteiger partial charge in [0.1, 0.15) is 10.8 Å². The molecule has 0 fully saturated rings. The van der Waals surface area contributed by atoms with E-state index in [1.165, 1.54) is 47.7 Å². The largest absolute Gasteiger partial charge is 0.478 e. The van der Waals surface area contributed by atoms with Gasteiger partial charge in [0.2, 0.25) is 0 Å². The average Bonchev–Trinajstić information content (AvgIpc) is 3.23. The lowest BCUT2D eigenvalue weighted by Gasteiger charge is -2.09. The number of carbonyl (C=O) groups is 1. The van der Waals surface area contributed by atoms with Crippen LogP contribution in [-0.4, -0.2) is 21.0 Å². The van der Waals surface area contributed by atoms with Crippen molar-refractivity contribution in [2.24, 2.45) is 0 Å². The molecule has 0 radical (unpaired) electrons. The minimum atomic E-state index is -1.21. The van der Waals surface area contributed by atoms with Gasteiger partial charge in [0, 0.05) is 28.1 Å². The smallest absolute Gasteiger partial charge is 0.336 e. The Morgan fingerprint density at radius 1 is 1.00 bits per heavy atom. The first-order chi connectivity index (χ1) is 14.5. The molecule has 0 aliphatic heterocycles. The number of carboxylic acid groups (broad SMARTS) is 1. The van der Waals surface area contributed by atoms with Crippen LogP contribution >= 0.6 is 11.3 Å². The number of rotatable bonds is 5. The van der Waals surface area contributed by atoms with Crippen molar-refractivity contribution < 1.29 is 19.2 Å². The lowest BCUT2D eigenvalue weighted by Crippen LogP contribution is -2.02. The normalized spacial score (nSPS) is 10.7. The molecule has 4 rings (SSSR count). The number of hydrogen-bond donors (Lipinski definition) is 1. The molecule has 1 aromatic heterocycles. The number of carboxylic acids is 1. The summed E-state index contributed by atoms with van der Waals surface area (Å²) in [5, 5.41) is 23.3. The van der Waals surface area contributed by atoms with E-state index >= 15 is 0 Å². The van der Waals surface area contributed by atoms with Gasteiger partial charge in [-0.25, -0.2) is 14.2 Å². The van der Waals surface area contributed by atoms with Crippen LogP contribution in [0, 0.1) is 15.9 Å². The average molecular weight is 420 g/mol. The Bertz CT molecular complexity index is 1290. The lowest BCUT2D eigenvalue weighted by atomic mass is 9.96. The second-order valence-corrected chi connectivity index (χ2v) is 7.22. The number of halogens is 1. The number of aromatic nitrogens is 1. The van der Waals surface area contributed by atoms with Gasteiger partial charge in [0.15, 0.2) is 0 Å². The molecule has 6 nitrogen and oxygen atoms in total. The van der Waals surface area contributed by atoms with E-state index < -0.39 is 16.7 Å². The maximum atomic E-state index is 14.0. The van der Waals surface area contributed by atoms with E-state index in [1.807, 2.05) is 0 Å². The maximum absolute atomic E-state index is 14.0. The molecule has 0 bridgehead atoms. The van der Waals surface area contributed by atoms with Crippen LogP contribution in [0.4, 0.5) is 10.1 Å². The van der Waals surface area contributed by atoms with E-state index in [2.05, 4.69) is 4.98 Å². The highest BCUT2D eigenvalue weighted by Crippen LogP contribution is 2.36. The molecule has 1 heterocycles. The summed E-state index contributed by atoms with van der Waals surface area (Å²) in [4.78, 5) is 27.1. The third kappa shape index (κ3) is 3.56. The summed E-state index contributed by atoms with van der Waals surface area (Å²) < 4.78 is 14.0. The molecule has 3 aromatic carbocycles. The van der Waals surface area contributed by atoms with E-state index in [9.17, 15) is 24.4 Å². The van der Waals surface area contributed by atoms with E-state index in [1.54, 1.807) is 35.7 Å². The minimum absolute atomic E-state index is 0.0792. The quantitative estimate of drug-likeness (QED) is 0.321. The van der Waals surface area contributed by atoms with Gasteiger partial charge in [0.05, 0.1) is 21.7 Å². The van der Waals surface area contributed by atoms with Crippen LogP contribution in [-0.2, 0) is 0 Å². The molecule has 0 amide bonds. The summed E-state index contributed by atoms with van der Waals surface area (Å²) in [7, 11) is 0. The van der Waals surface area contributed by atoms with Crippen LogP contribution in [0.3, 0.4) is 0 Å². The highest BCUT2D eigenvalue weighted by molar-refractivity contribution is 7.13. The van der Waals surface area contributed by atoms with Crippen molar-refractivity contribution in [1.82, 2.24) is 4.98 Å². The number of aromatic carboxylic acids is 1. The molecule has 0 aliphatic rings. The molecule has 0 aliphatic carbocycles. The number of nitrogens with zero attached hydrogens (tertiary/aromatic N) is 2. The Hall–Kier alpha value is -3.91. The van der Waals surface area contributed by atoms with E-state index in [0.29, 0.717) is 21.8 Å². The highest BCUT2D eigenvalue weighted by atomic mass is 32.1. The molecule has 4 aromatic rings. The number of thiazole rings is 1. The summed E-state index contributed by atoms with van der Waals surface area (Å²) in [5.74, 6) is -1.61. The van der Waals surface area contributed by atoms with Crippen molar-refractivity contribution in [1.29, 1.82) is 0 Å². The van der Waals surface area contributed by atoms with Crippen molar-refractivity contribution in [2.75, 3.05) is 0 Å². The van der Waals surface area contributed by atoms with Crippen LogP contribution in [0.5, 0.6) is 0 Å². The first-order valence-electron chi connectivity index (χ1n) is 8.77. The van der Waals surface area contributed by atoms with Gasteiger partial charge < -0.3 is 5.11 Å². The Balaban J connectivity index is 1.80. The summed E-state index contributed by atoms with van der Waals surface area (Å²) in [6.07, 6.45) is 0. The molecular weight excluding hydrogens is 407 g/mol. The third-order valence-electron chi connectivity index (χ3n) is 4.54. The molecule has 0 spiro atoms. The zero-order valence-electron chi connectivity index (χ0n) is 15.3. The summed E-state index contributed by atoms with van der Waals surface area (Å²) in [5.41, 5.74) is 1.54. The zero-order chi connectivity index (χ0) is 21.3. The van der Waals surface area contributed by atoms with Gasteiger partial charge in [-0.2, -0.15) is 0 Å². The second kappa shape index (κ2) is 7.84. The molecule has 0 saturated carbocycles. The standard InChI is InChI=1S/C22H13FN2O4S/c23-18-7-3-1-6-16(18)19-12-30-21(24-19)13-9-10-14(17(11-13)22(26)27)15-5-2-4-8-20(15)25(28)29/h1-12H,(H,26,27). The SMILES string of the molecule is O=C(O)c1cc(-c2nc(-c3ccccc3F)cs2)ccc1-c1ccccc1[N+](=O)[O-].